The minimum absolute atomic E-state index is 0.328. The molecule has 0 amide bonds. The second kappa shape index (κ2) is 5.46. The first-order valence-corrected chi connectivity index (χ1v) is 7.25. The summed E-state index contributed by atoms with van der Waals surface area (Å²) in [6.07, 6.45) is 4.27. The molecule has 0 N–H and O–H groups in total. The van der Waals surface area contributed by atoms with Crippen LogP contribution in [-0.4, -0.2) is 4.98 Å². The van der Waals surface area contributed by atoms with Gasteiger partial charge in [-0.3, -0.25) is 4.98 Å². The number of pyridine rings is 1. The lowest BCUT2D eigenvalue weighted by molar-refractivity contribution is 0.708. The van der Waals surface area contributed by atoms with Crippen LogP contribution in [0.3, 0.4) is 0 Å². The molecule has 20 heavy (non-hydrogen) atoms. The Morgan fingerprint density at radius 2 is 1.65 bits per heavy atom. The zero-order chi connectivity index (χ0) is 13.9. The second-order valence-corrected chi connectivity index (χ2v) is 5.19. The first-order valence-electron chi connectivity index (χ1n) is 7.25. The topological polar surface area (TPSA) is 12.9 Å². The lowest BCUT2D eigenvalue weighted by Gasteiger charge is -2.15. The molecule has 0 bridgehead atoms. The molecule has 0 aliphatic rings. The third-order valence-electron chi connectivity index (χ3n) is 3.87. The zero-order valence-electron chi connectivity index (χ0n) is 11.8. The highest BCUT2D eigenvalue weighted by molar-refractivity contribution is 6.06. The van der Waals surface area contributed by atoms with Gasteiger partial charge in [-0.15, -0.1) is 6.58 Å². The van der Waals surface area contributed by atoms with Crippen LogP contribution >= 0.6 is 0 Å². The van der Waals surface area contributed by atoms with Gasteiger partial charge in [-0.2, -0.15) is 0 Å². The molecule has 3 aromatic rings. The van der Waals surface area contributed by atoms with Crippen LogP contribution in [0.15, 0.2) is 61.2 Å². The molecule has 0 aliphatic carbocycles. The molecule has 2 aromatic carbocycles. The fourth-order valence-corrected chi connectivity index (χ4v) is 2.89. The molecule has 1 heteroatoms. The van der Waals surface area contributed by atoms with E-state index < -0.39 is 0 Å². The molecule has 0 saturated heterocycles. The number of allylic oxidation sites excluding steroid dienone is 1. The lowest BCUT2D eigenvalue weighted by atomic mass is 9.93. The van der Waals surface area contributed by atoms with Crippen LogP contribution < -0.4 is 0 Å². The predicted molar refractivity (Wildman–Crippen MR) is 87.1 cm³/mol. The van der Waals surface area contributed by atoms with Crippen LogP contribution in [0.4, 0.5) is 0 Å². The van der Waals surface area contributed by atoms with E-state index in [1.807, 2.05) is 6.08 Å². The van der Waals surface area contributed by atoms with Crippen LogP contribution in [0.1, 0.15) is 31.4 Å². The SMILES string of the molecule is C=C[C@H](CCC)c1nc2ccccc2c2ccccc12. The number of para-hydroxylation sites is 1. The zero-order valence-corrected chi connectivity index (χ0v) is 11.8. The van der Waals surface area contributed by atoms with Crippen molar-refractivity contribution in [3.63, 3.8) is 0 Å². The Balaban J connectivity index is 2.36. The summed E-state index contributed by atoms with van der Waals surface area (Å²) < 4.78 is 0. The standard InChI is InChI=1S/C19H19N/c1-3-9-14(4-2)19-17-12-6-5-10-15(17)16-11-7-8-13-18(16)20-19/h4-8,10-14H,2-3,9H2,1H3/t14-/m1/s1. The van der Waals surface area contributed by atoms with Gasteiger partial charge in [0.2, 0.25) is 0 Å². The van der Waals surface area contributed by atoms with Gasteiger partial charge in [0.25, 0.3) is 0 Å². The Hall–Kier alpha value is -2.15. The molecule has 3 rings (SSSR count). The third-order valence-corrected chi connectivity index (χ3v) is 3.87. The van der Waals surface area contributed by atoms with Crippen molar-refractivity contribution in [1.29, 1.82) is 0 Å². The summed E-state index contributed by atoms with van der Waals surface area (Å²) in [4.78, 5) is 4.92. The fourth-order valence-electron chi connectivity index (χ4n) is 2.89. The molecular weight excluding hydrogens is 242 g/mol. The molecule has 0 fully saturated rings. The highest BCUT2D eigenvalue weighted by Crippen LogP contribution is 2.32. The van der Waals surface area contributed by atoms with E-state index in [-0.39, 0.29) is 0 Å². The largest absolute Gasteiger partial charge is 0.252 e. The van der Waals surface area contributed by atoms with E-state index in [1.165, 1.54) is 16.2 Å². The van der Waals surface area contributed by atoms with E-state index in [0.29, 0.717) is 5.92 Å². The highest BCUT2D eigenvalue weighted by Gasteiger charge is 2.14. The Morgan fingerprint density at radius 1 is 1.00 bits per heavy atom. The maximum absolute atomic E-state index is 4.92. The Labute approximate surface area is 120 Å². The van der Waals surface area contributed by atoms with Gasteiger partial charge < -0.3 is 0 Å². The molecule has 0 saturated carbocycles. The van der Waals surface area contributed by atoms with Gasteiger partial charge in [-0.1, -0.05) is 61.9 Å². The fraction of sp³-hybridized carbons (Fsp3) is 0.211. The number of fused-ring (bicyclic) bond motifs is 3. The van der Waals surface area contributed by atoms with E-state index in [1.54, 1.807) is 0 Å². The van der Waals surface area contributed by atoms with Gasteiger partial charge in [0.15, 0.2) is 0 Å². The van der Waals surface area contributed by atoms with Crippen molar-refractivity contribution >= 4 is 21.7 Å². The van der Waals surface area contributed by atoms with Gasteiger partial charge >= 0.3 is 0 Å². The summed E-state index contributed by atoms with van der Waals surface area (Å²) in [5.74, 6) is 0.328. The minimum atomic E-state index is 0.328. The van der Waals surface area contributed by atoms with Crippen molar-refractivity contribution in [1.82, 2.24) is 4.98 Å². The quantitative estimate of drug-likeness (QED) is 0.449. The summed E-state index contributed by atoms with van der Waals surface area (Å²) >= 11 is 0. The van der Waals surface area contributed by atoms with E-state index in [9.17, 15) is 0 Å². The Bertz CT molecular complexity index is 758. The maximum Gasteiger partial charge on any atom is 0.0712 e. The summed E-state index contributed by atoms with van der Waals surface area (Å²) in [6, 6.07) is 16.9. The summed E-state index contributed by atoms with van der Waals surface area (Å²) in [5, 5.41) is 3.77. The lowest BCUT2D eigenvalue weighted by Crippen LogP contribution is -2.00. The molecular formula is C19H19N. The smallest absolute Gasteiger partial charge is 0.0712 e. The third kappa shape index (κ3) is 2.09. The molecule has 1 atom stereocenters. The molecule has 1 heterocycles. The summed E-state index contributed by atoms with van der Waals surface area (Å²) in [6.45, 7) is 6.21. The van der Waals surface area contributed by atoms with Gasteiger partial charge in [0, 0.05) is 16.7 Å². The van der Waals surface area contributed by atoms with Crippen molar-refractivity contribution in [2.24, 2.45) is 0 Å². The highest BCUT2D eigenvalue weighted by atomic mass is 14.7. The molecule has 1 aromatic heterocycles. The van der Waals surface area contributed by atoms with Crippen molar-refractivity contribution in [2.75, 3.05) is 0 Å². The number of aromatic nitrogens is 1. The molecule has 1 nitrogen and oxygen atoms in total. The first kappa shape index (κ1) is 12.9. The van der Waals surface area contributed by atoms with Crippen LogP contribution in [0.25, 0.3) is 21.7 Å². The Morgan fingerprint density at radius 3 is 2.35 bits per heavy atom. The second-order valence-electron chi connectivity index (χ2n) is 5.19. The number of rotatable bonds is 4. The average molecular weight is 261 g/mol. The van der Waals surface area contributed by atoms with Crippen molar-refractivity contribution < 1.29 is 0 Å². The molecule has 0 aliphatic heterocycles. The summed E-state index contributed by atoms with van der Waals surface area (Å²) in [7, 11) is 0. The minimum Gasteiger partial charge on any atom is -0.252 e. The van der Waals surface area contributed by atoms with Gasteiger partial charge in [-0.25, -0.2) is 0 Å². The van der Waals surface area contributed by atoms with Crippen LogP contribution in [0.5, 0.6) is 0 Å². The monoisotopic (exact) mass is 261 g/mol. The predicted octanol–water partition coefficient (Wildman–Crippen LogP) is 5.46. The molecule has 0 unspecified atom stereocenters. The Kier molecular flexibility index (Phi) is 3.51. The van der Waals surface area contributed by atoms with E-state index >= 15 is 0 Å². The van der Waals surface area contributed by atoms with E-state index in [0.717, 1.165) is 24.1 Å². The van der Waals surface area contributed by atoms with Crippen molar-refractivity contribution in [3.05, 3.63) is 66.9 Å². The van der Waals surface area contributed by atoms with E-state index in [2.05, 4.69) is 62.0 Å². The molecule has 0 radical (unpaired) electrons. The normalized spacial score (nSPS) is 12.7. The molecule has 100 valence electrons. The number of benzene rings is 2. The van der Waals surface area contributed by atoms with Crippen LogP contribution in [-0.2, 0) is 0 Å². The van der Waals surface area contributed by atoms with Crippen LogP contribution in [0, 0.1) is 0 Å². The maximum atomic E-state index is 4.92. The number of nitrogens with zero attached hydrogens (tertiary/aromatic N) is 1. The number of hydrogen-bond acceptors (Lipinski definition) is 1. The van der Waals surface area contributed by atoms with Gasteiger partial charge in [0.05, 0.1) is 11.2 Å². The van der Waals surface area contributed by atoms with Crippen molar-refractivity contribution in [2.45, 2.75) is 25.7 Å². The van der Waals surface area contributed by atoms with Gasteiger partial charge in [0.1, 0.15) is 0 Å². The first-order chi connectivity index (χ1) is 9.85. The van der Waals surface area contributed by atoms with Crippen molar-refractivity contribution in [3.8, 4) is 0 Å². The van der Waals surface area contributed by atoms with Gasteiger partial charge in [-0.05, 0) is 17.9 Å². The summed E-state index contributed by atoms with van der Waals surface area (Å²) in [5.41, 5.74) is 2.24. The number of hydrogen-bond donors (Lipinski definition) is 0. The van der Waals surface area contributed by atoms with Crippen LogP contribution in [0.2, 0.25) is 0 Å². The van der Waals surface area contributed by atoms with E-state index in [4.69, 9.17) is 4.98 Å². The molecule has 0 spiro atoms. The average Bonchev–Trinajstić information content (AvgIpc) is 2.52.